The number of hydrogen-bond acceptors (Lipinski definition) is 6. The first-order valence-electron chi connectivity index (χ1n) is 15.0. The zero-order valence-corrected chi connectivity index (χ0v) is 24.6. The maximum absolute atomic E-state index is 11.5. The molecule has 6 heterocycles. The Kier molecular flexibility index (Phi) is 5.76. The predicted molar refractivity (Wildman–Crippen MR) is 181 cm³/mol. The molecule has 0 fully saturated rings. The Hall–Kier alpha value is -6.28. The highest BCUT2D eigenvalue weighted by Crippen LogP contribution is 2.37. The van der Waals surface area contributed by atoms with Gasteiger partial charge in [0.2, 0.25) is 0 Å². The number of rotatable bonds is 6. The average Bonchev–Trinajstić information content (AvgIpc) is 3.75. The van der Waals surface area contributed by atoms with Crippen LogP contribution in [0.3, 0.4) is 0 Å². The maximum atomic E-state index is 11.5. The summed E-state index contributed by atoms with van der Waals surface area (Å²) >= 11 is 0. The van der Waals surface area contributed by atoms with Gasteiger partial charge in [-0.1, -0.05) is 12.6 Å². The summed E-state index contributed by atoms with van der Waals surface area (Å²) in [5.41, 5.74) is 11.5. The van der Waals surface area contributed by atoms with Crippen molar-refractivity contribution in [3.8, 4) is 11.4 Å². The van der Waals surface area contributed by atoms with Crippen LogP contribution in [-0.2, 0) is 16.0 Å². The fraction of sp³-hybridized carbons (Fsp3) is 0.0526. The van der Waals surface area contributed by atoms with Crippen LogP contribution in [0, 0.1) is 0 Å². The summed E-state index contributed by atoms with van der Waals surface area (Å²) in [4.78, 5) is 25.7. The van der Waals surface area contributed by atoms with Gasteiger partial charge in [0.05, 0.1) is 39.7 Å². The number of carbonyl (C=O) groups is 1. The van der Waals surface area contributed by atoms with Crippen LogP contribution >= 0.6 is 0 Å². The topological polar surface area (TPSA) is 88.0 Å². The fourth-order valence-electron chi connectivity index (χ4n) is 6.61. The molecule has 6 aromatic heterocycles. The molecule has 0 N–H and O–H groups in total. The van der Waals surface area contributed by atoms with Gasteiger partial charge in [-0.15, -0.1) is 0 Å². The van der Waals surface area contributed by atoms with E-state index in [4.69, 9.17) is 19.1 Å². The van der Waals surface area contributed by atoms with Crippen LogP contribution in [0.2, 0.25) is 0 Å². The molecule has 0 atom stereocenters. The molecule has 9 aromatic rings. The van der Waals surface area contributed by atoms with Crippen molar-refractivity contribution in [3.05, 3.63) is 128 Å². The summed E-state index contributed by atoms with van der Waals surface area (Å²) in [6, 6.07) is 31.1. The smallest absolute Gasteiger partial charge is 0.330 e. The number of benzene rings is 3. The number of ether oxygens (including phenoxy) is 1. The van der Waals surface area contributed by atoms with Gasteiger partial charge in [-0.05, 0) is 90.5 Å². The molecule has 8 nitrogen and oxygen atoms in total. The highest BCUT2D eigenvalue weighted by atomic mass is 16.5. The first-order chi connectivity index (χ1) is 22.7. The van der Waals surface area contributed by atoms with Crippen molar-refractivity contribution >= 4 is 71.9 Å². The van der Waals surface area contributed by atoms with Gasteiger partial charge in [0, 0.05) is 58.6 Å². The molecule has 0 unspecified atom stereocenters. The third-order valence-corrected chi connectivity index (χ3v) is 8.61. The quantitative estimate of drug-likeness (QED) is 0.141. The minimum Gasteiger partial charge on any atom is -0.462 e. The van der Waals surface area contributed by atoms with E-state index in [1.165, 1.54) is 6.08 Å². The van der Waals surface area contributed by atoms with Gasteiger partial charge in [-0.3, -0.25) is 15.0 Å². The Morgan fingerprint density at radius 1 is 0.674 bits per heavy atom. The Bertz CT molecular complexity index is 2680. The molecule has 0 bridgehead atoms. The van der Waals surface area contributed by atoms with E-state index >= 15 is 0 Å². The molecule has 0 aliphatic heterocycles. The molecule has 0 aliphatic rings. The molecule has 0 radical (unpaired) electrons. The van der Waals surface area contributed by atoms with Gasteiger partial charge in [0.1, 0.15) is 11.1 Å². The number of carbonyl (C=O) groups excluding carboxylic acids is 1. The van der Waals surface area contributed by atoms with Gasteiger partial charge in [-0.2, -0.15) is 0 Å². The Balaban J connectivity index is 1.22. The molecule has 0 amide bonds. The predicted octanol–water partition coefficient (Wildman–Crippen LogP) is 8.24. The number of pyridine rings is 3. The summed E-state index contributed by atoms with van der Waals surface area (Å²) in [5, 5.41) is 3.06. The molecule has 3 aromatic carbocycles. The summed E-state index contributed by atoms with van der Waals surface area (Å²) in [6.45, 7) is 3.76. The Morgan fingerprint density at radius 3 is 2.00 bits per heavy atom. The Morgan fingerprint density at radius 2 is 1.28 bits per heavy atom. The van der Waals surface area contributed by atoms with E-state index in [1.54, 1.807) is 6.20 Å². The van der Waals surface area contributed by atoms with Crippen molar-refractivity contribution in [1.29, 1.82) is 0 Å². The summed E-state index contributed by atoms with van der Waals surface area (Å²) in [5.74, 6) is -0.418. The number of nitrogens with zero attached hydrogens (tertiary/aromatic N) is 5. The molecule has 0 saturated heterocycles. The third-order valence-electron chi connectivity index (χ3n) is 8.61. The normalized spacial score (nSPS) is 11.8. The van der Waals surface area contributed by atoms with E-state index in [9.17, 15) is 4.79 Å². The van der Waals surface area contributed by atoms with E-state index in [-0.39, 0.29) is 6.61 Å². The van der Waals surface area contributed by atoms with E-state index in [1.807, 2.05) is 42.7 Å². The van der Waals surface area contributed by atoms with Gasteiger partial charge in [0.25, 0.3) is 0 Å². The average molecular weight is 600 g/mol. The zero-order chi connectivity index (χ0) is 30.8. The van der Waals surface area contributed by atoms with Gasteiger partial charge in [-0.25, -0.2) is 4.79 Å². The molecular weight excluding hydrogens is 574 g/mol. The number of hydrogen-bond donors (Lipinski definition) is 0. The van der Waals surface area contributed by atoms with Crippen LogP contribution in [0.15, 0.2) is 127 Å². The SMILES string of the molecule is C=CC(=O)OCCc1ccc2c(c1)c1ncccc1n2-c1ccc2c(c1)c1ncccc1n2-c1ccc2oc3cccnc3c2c1. The minimum atomic E-state index is -0.418. The lowest BCUT2D eigenvalue weighted by Crippen LogP contribution is -2.04. The third kappa shape index (κ3) is 3.93. The summed E-state index contributed by atoms with van der Waals surface area (Å²) in [6.07, 6.45) is 7.24. The molecule has 8 heteroatoms. The largest absolute Gasteiger partial charge is 0.462 e. The number of fused-ring (bicyclic) bond motifs is 9. The number of esters is 1. The molecule has 0 aliphatic carbocycles. The van der Waals surface area contributed by atoms with Crippen molar-refractivity contribution in [3.63, 3.8) is 0 Å². The van der Waals surface area contributed by atoms with Gasteiger partial charge in [0.15, 0.2) is 5.58 Å². The van der Waals surface area contributed by atoms with Gasteiger partial charge >= 0.3 is 5.97 Å². The van der Waals surface area contributed by atoms with Crippen molar-refractivity contribution in [2.75, 3.05) is 6.61 Å². The lowest BCUT2D eigenvalue weighted by Gasteiger charge is -2.10. The molecular formula is C38H25N5O3. The molecule has 9 rings (SSSR count). The van der Waals surface area contributed by atoms with Gasteiger partial charge < -0.3 is 18.3 Å². The Labute approximate surface area is 261 Å². The van der Waals surface area contributed by atoms with Crippen LogP contribution in [-0.4, -0.2) is 36.7 Å². The van der Waals surface area contributed by atoms with Crippen molar-refractivity contribution in [1.82, 2.24) is 24.1 Å². The van der Waals surface area contributed by atoms with Crippen LogP contribution in [0.1, 0.15) is 5.56 Å². The lowest BCUT2D eigenvalue weighted by molar-refractivity contribution is -0.137. The highest BCUT2D eigenvalue weighted by molar-refractivity contribution is 6.11. The molecule has 46 heavy (non-hydrogen) atoms. The molecule has 220 valence electrons. The standard InChI is InChI=1S/C38H25N5O3/c1-2-35(44)45-19-15-23-9-12-29-26(20-23)36-31(6-3-16-39-36)42(29)24-10-13-30-27(21-24)37-32(7-4-17-40-37)43(30)25-11-14-33-28(22-25)38-34(46-33)8-5-18-41-38/h2-14,16-18,20-22H,1,15,19H2. The highest BCUT2D eigenvalue weighted by Gasteiger charge is 2.19. The second kappa shape index (κ2) is 10.1. The molecule has 0 spiro atoms. The van der Waals surface area contributed by atoms with Crippen molar-refractivity contribution in [2.45, 2.75) is 6.42 Å². The lowest BCUT2D eigenvalue weighted by atomic mass is 10.1. The first kappa shape index (κ1) is 26.2. The summed E-state index contributed by atoms with van der Waals surface area (Å²) in [7, 11) is 0. The number of furan rings is 1. The monoisotopic (exact) mass is 599 g/mol. The maximum Gasteiger partial charge on any atom is 0.330 e. The van der Waals surface area contributed by atoms with E-state index in [0.29, 0.717) is 6.42 Å². The number of aromatic nitrogens is 5. The van der Waals surface area contributed by atoms with Crippen LogP contribution in [0.25, 0.3) is 77.3 Å². The van der Waals surface area contributed by atoms with Crippen LogP contribution < -0.4 is 0 Å². The second-order valence-electron chi connectivity index (χ2n) is 11.2. The fourth-order valence-corrected chi connectivity index (χ4v) is 6.61. The zero-order valence-electron chi connectivity index (χ0n) is 24.6. The summed E-state index contributed by atoms with van der Waals surface area (Å²) < 4.78 is 15.8. The van der Waals surface area contributed by atoms with Crippen LogP contribution in [0.4, 0.5) is 0 Å². The second-order valence-corrected chi connectivity index (χ2v) is 11.2. The van der Waals surface area contributed by atoms with E-state index in [0.717, 1.165) is 82.9 Å². The van der Waals surface area contributed by atoms with Crippen molar-refractivity contribution < 1.29 is 13.9 Å². The van der Waals surface area contributed by atoms with E-state index < -0.39 is 5.97 Å². The minimum absolute atomic E-state index is 0.288. The van der Waals surface area contributed by atoms with E-state index in [2.05, 4.69) is 81.4 Å². The van der Waals surface area contributed by atoms with Crippen molar-refractivity contribution in [2.24, 2.45) is 0 Å². The molecule has 0 saturated carbocycles. The van der Waals surface area contributed by atoms with Crippen LogP contribution in [0.5, 0.6) is 0 Å². The first-order valence-corrected chi connectivity index (χ1v) is 15.0.